The number of nitrogens with zero attached hydrogens (tertiary/aromatic N) is 4. The Balaban J connectivity index is 1.22. The first-order chi connectivity index (χ1) is 26.0. The fourth-order valence-corrected chi connectivity index (χ4v) is 9.93. The van der Waals surface area contributed by atoms with Crippen LogP contribution in [0.5, 0.6) is 0 Å². The summed E-state index contributed by atoms with van der Waals surface area (Å²) in [6.45, 7) is 4.72. The Morgan fingerprint density at radius 1 is 0.472 bits per heavy atom. The highest BCUT2D eigenvalue weighted by Gasteiger charge is 2.37. The van der Waals surface area contributed by atoms with Crippen LogP contribution in [0.15, 0.2) is 158 Å². The molecular weight excluding hydrogens is 665 g/mol. The summed E-state index contributed by atoms with van der Waals surface area (Å²) >= 11 is 1.93. The second-order valence-corrected chi connectivity index (χ2v) is 15.4. The van der Waals surface area contributed by atoms with Gasteiger partial charge in [0.1, 0.15) is 0 Å². The fourth-order valence-electron chi connectivity index (χ4n) is 8.51. The van der Waals surface area contributed by atoms with Gasteiger partial charge in [0, 0.05) is 64.3 Å². The highest BCUT2D eigenvalue weighted by atomic mass is 32.1. The number of rotatable bonds is 4. The minimum absolute atomic E-state index is 0.0500. The normalized spacial score (nSPS) is 13.2. The summed E-state index contributed by atoms with van der Waals surface area (Å²) in [5.41, 5.74) is 11.8. The summed E-state index contributed by atoms with van der Waals surface area (Å²) in [6.07, 6.45) is 0. The summed E-state index contributed by atoms with van der Waals surface area (Å²) in [6, 6.07) is 56.1. The molecule has 0 bridgehead atoms. The van der Waals surface area contributed by atoms with Crippen LogP contribution in [0.3, 0.4) is 0 Å². The second-order valence-electron chi connectivity index (χ2n) is 14.4. The SMILES string of the molecule is CC1(C)c2ccccc2-c2c1ccc1c2sc2c1ccc1c2c2cc(-c3nc(-c4ccccc4)nc(-c4ccccc4)n3)ccc2n1-c1ccccc1. The maximum Gasteiger partial charge on any atom is 0.164 e. The fraction of sp³-hybridized carbons (Fsp3) is 0.0625. The third-order valence-corrected chi connectivity index (χ3v) is 12.3. The van der Waals surface area contributed by atoms with Gasteiger partial charge in [-0.2, -0.15) is 0 Å². The molecule has 1 aliphatic rings. The lowest BCUT2D eigenvalue weighted by Gasteiger charge is -2.21. The largest absolute Gasteiger partial charge is 0.309 e. The van der Waals surface area contributed by atoms with Crippen molar-refractivity contribution < 1.29 is 0 Å². The van der Waals surface area contributed by atoms with Crippen molar-refractivity contribution in [2.75, 3.05) is 0 Å². The van der Waals surface area contributed by atoms with E-state index in [-0.39, 0.29) is 5.41 Å². The lowest BCUT2D eigenvalue weighted by molar-refractivity contribution is 0.661. The summed E-state index contributed by atoms with van der Waals surface area (Å²) in [4.78, 5) is 15.1. The van der Waals surface area contributed by atoms with Gasteiger partial charge < -0.3 is 4.57 Å². The third-order valence-electron chi connectivity index (χ3n) is 11.1. The van der Waals surface area contributed by atoms with E-state index in [4.69, 9.17) is 15.0 Å². The van der Waals surface area contributed by atoms with E-state index in [1.807, 2.05) is 47.7 Å². The van der Waals surface area contributed by atoms with E-state index in [1.165, 1.54) is 58.7 Å². The summed E-state index contributed by atoms with van der Waals surface area (Å²) in [5.74, 6) is 1.97. The molecule has 3 aromatic heterocycles. The molecule has 4 nitrogen and oxygen atoms in total. The first kappa shape index (κ1) is 30.2. The molecule has 3 heterocycles. The van der Waals surface area contributed by atoms with Gasteiger partial charge in [-0.3, -0.25) is 0 Å². The Labute approximate surface area is 310 Å². The lowest BCUT2D eigenvalue weighted by Crippen LogP contribution is -2.14. The number of benzene rings is 7. The van der Waals surface area contributed by atoms with Crippen LogP contribution in [-0.4, -0.2) is 19.5 Å². The lowest BCUT2D eigenvalue weighted by atomic mass is 9.82. The van der Waals surface area contributed by atoms with Crippen LogP contribution in [0.1, 0.15) is 25.0 Å². The monoisotopic (exact) mass is 696 g/mol. The van der Waals surface area contributed by atoms with Gasteiger partial charge in [0.2, 0.25) is 0 Å². The van der Waals surface area contributed by atoms with Gasteiger partial charge in [-0.05, 0) is 53.1 Å². The second kappa shape index (κ2) is 11.3. The molecule has 0 aliphatic heterocycles. The number of thiophene rings is 1. The molecule has 0 unspecified atom stereocenters. The number of aromatic nitrogens is 4. The van der Waals surface area contributed by atoms with Gasteiger partial charge in [0.15, 0.2) is 17.5 Å². The standard InChI is InChI=1S/C48H32N4S/c1-48(2)37-21-13-12-20-35(37)41-38(48)25-23-33-34-24-27-40-42(44(34)53-43(33)41)36-28-31(22-26-39(36)52(40)32-18-10-5-11-19-32)47-50-45(29-14-6-3-7-15-29)49-46(51-47)30-16-8-4-9-17-30/h3-28H,1-2H3. The van der Waals surface area contributed by atoms with E-state index in [0.717, 1.165) is 27.9 Å². The first-order valence-corrected chi connectivity index (χ1v) is 18.9. The van der Waals surface area contributed by atoms with E-state index in [2.05, 4.69) is 140 Å². The molecule has 0 atom stereocenters. The van der Waals surface area contributed by atoms with Crippen molar-refractivity contribution in [3.8, 4) is 51.0 Å². The Morgan fingerprint density at radius 3 is 1.74 bits per heavy atom. The molecule has 10 aromatic rings. The maximum atomic E-state index is 5.10. The van der Waals surface area contributed by atoms with Gasteiger partial charge >= 0.3 is 0 Å². The van der Waals surface area contributed by atoms with Crippen molar-refractivity contribution in [3.63, 3.8) is 0 Å². The Kier molecular flexibility index (Phi) is 6.43. The molecule has 0 saturated carbocycles. The maximum absolute atomic E-state index is 5.10. The quantitative estimate of drug-likeness (QED) is 0.184. The molecule has 0 radical (unpaired) electrons. The average molecular weight is 697 g/mol. The molecule has 5 heteroatoms. The predicted octanol–water partition coefficient (Wildman–Crippen LogP) is 12.6. The van der Waals surface area contributed by atoms with Crippen LogP contribution in [0, 0.1) is 0 Å². The molecular formula is C48H32N4S. The minimum atomic E-state index is -0.0500. The summed E-state index contributed by atoms with van der Waals surface area (Å²) in [7, 11) is 0. The van der Waals surface area contributed by atoms with Crippen molar-refractivity contribution in [1.82, 2.24) is 19.5 Å². The van der Waals surface area contributed by atoms with E-state index in [0.29, 0.717) is 17.5 Å². The Hall–Kier alpha value is -6.43. The van der Waals surface area contributed by atoms with Crippen molar-refractivity contribution in [2.45, 2.75) is 19.3 Å². The molecule has 250 valence electrons. The smallest absolute Gasteiger partial charge is 0.164 e. The zero-order chi connectivity index (χ0) is 35.3. The molecule has 53 heavy (non-hydrogen) atoms. The Morgan fingerprint density at radius 2 is 1.04 bits per heavy atom. The van der Waals surface area contributed by atoms with Crippen molar-refractivity contribution in [3.05, 3.63) is 169 Å². The number of hydrogen-bond acceptors (Lipinski definition) is 4. The molecule has 1 aliphatic carbocycles. The van der Waals surface area contributed by atoms with Crippen molar-refractivity contribution in [2.24, 2.45) is 0 Å². The zero-order valence-electron chi connectivity index (χ0n) is 29.2. The van der Waals surface area contributed by atoms with Gasteiger partial charge in [-0.15, -0.1) is 11.3 Å². The average Bonchev–Trinajstić information content (AvgIpc) is 3.84. The number of para-hydroxylation sites is 1. The van der Waals surface area contributed by atoms with Gasteiger partial charge in [-0.1, -0.05) is 135 Å². The van der Waals surface area contributed by atoms with E-state index in [1.54, 1.807) is 0 Å². The molecule has 0 fully saturated rings. The molecule has 0 amide bonds. The van der Waals surface area contributed by atoms with E-state index in [9.17, 15) is 0 Å². The third kappa shape index (κ3) is 4.44. The van der Waals surface area contributed by atoms with Crippen LogP contribution in [-0.2, 0) is 5.41 Å². The van der Waals surface area contributed by atoms with Crippen molar-refractivity contribution in [1.29, 1.82) is 0 Å². The van der Waals surface area contributed by atoms with E-state index < -0.39 is 0 Å². The minimum Gasteiger partial charge on any atom is -0.309 e. The number of hydrogen-bond donors (Lipinski definition) is 0. The van der Waals surface area contributed by atoms with Gasteiger partial charge in [0.25, 0.3) is 0 Å². The highest BCUT2D eigenvalue weighted by molar-refractivity contribution is 7.27. The van der Waals surface area contributed by atoms with Crippen LogP contribution >= 0.6 is 11.3 Å². The topological polar surface area (TPSA) is 43.6 Å². The summed E-state index contributed by atoms with van der Waals surface area (Å²) < 4.78 is 5.06. The zero-order valence-corrected chi connectivity index (χ0v) is 30.0. The molecule has 0 spiro atoms. The van der Waals surface area contributed by atoms with E-state index >= 15 is 0 Å². The summed E-state index contributed by atoms with van der Waals surface area (Å²) in [5, 5.41) is 5.04. The Bertz CT molecular complexity index is 3010. The van der Waals surface area contributed by atoms with Crippen LogP contribution in [0.4, 0.5) is 0 Å². The highest BCUT2D eigenvalue weighted by Crippen LogP contribution is 2.54. The van der Waals surface area contributed by atoms with Crippen LogP contribution < -0.4 is 0 Å². The van der Waals surface area contributed by atoms with Crippen molar-refractivity contribution >= 4 is 53.3 Å². The predicted molar refractivity (Wildman–Crippen MR) is 221 cm³/mol. The van der Waals surface area contributed by atoms with Gasteiger partial charge in [0.05, 0.1) is 11.0 Å². The number of fused-ring (bicyclic) bond motifs is 11. The molecule has 7 aromatic carbocycles. The molecule has 11 rings (SSSR count). The molecule has 0 saturated heterocycles. The first-order valence-electron chi connectivity index (χ1n) is 18.0. The molecule has 0 N–H and O–H groups in total. The van der Waals surface area contributed by atoms with Crippen LogP contribution in [0.2, 0.25) is 0 Å². The van der Waals surface area contributed by atoms with Gasteiger partial charge in [-0.25, -0.2) is 15.0 Å². The van der Waals surface area contributed by atoms with Crippen LogP contribution in [0.25, 0.3) is 93.0 Å².